The summed E-state index contributed by atoms with van der Waals surface area (Å²) in [7, 11) is 0. The van der Waals surface area contributed by atoms with Crippen molar-refractivity contribution in [2.45, 2.75) is 26.3 Å². The molecule has 0 aromatic heterocycles. The number of nitriles is 1. The third-order valence-electron chi connectivity index (χ3n) is 3.66. The van der Waals surface area contributed by atoms with E-state index in [0.29, 0.717) is 22.4 Å². The molecule has 0 aliphatic rings. The second-order valence-electron chi connectivity index (χ2n) is 5.48. The Bertz CT molecular complexity index is 793. The molecular formula is C19H19N3O2. The molecule has 0 saturated carbocycles. The molecule has 0 aliphatic heterocycles. The van der Waals surface area contributed by atoms with E-state index in [0.717, 1.165) is 6.42 Å². The van der Waals surface area contributed by atoms with E-state index < -0.39 is 0 Å². The van der Waals surface area contributed by atoms with Crippen LogP contribution in [0.15, 0.2) is 48.5 Å². The fraction of sp³-hybridized carbons (Fsp3) is 0.211. The molecule has 0 radical (unpaired) electrons. The number of carbonyl (C=O) groups excluding carboxylic acids is 2. The average molecular weight is 321 g/mol. The smallest absolute Gasteiger partial charge is 0.255 e. The number of rotatable bonds is 5. The average Bonchev–Trinajstić information content (AvgIpc) is 2.61. The van der Waals surface area contributed by atoms with E-state index in [2.05, 4.69) is 10.6 Å². The molecule has 2 aromatic carbocycles. The zero-order valence-electron chi connectivity index (χ0n) is 13.7. The van der Waals surface area contributed by atoms with Crippen LogP contribution >= 0.6 is 0 Å². The summed E-state index contributed by atoms with van der Waals surface area (Å²) in [6.45, 7) is 3.91. The summed E-state index contributed by atoms with van der Waals surface area (Å²) in [4.78, 5) is 24.7. The summed E-state index contributed by atoms with van der Waals surface area (Å²) < 4.78 is 0. The summed E-state index contributed by atoms with van der Waals surface area (Å²) >= 11 is 0. The van der Waals surface area contributed by atoms with Crippen molar-refractivity contribution >= 4 is 17.5 Å². The van der Waals surface area contributed by atoms with Crippen LogP contribution in [-0.4, -0.2) is 17.9 Å². The molecule has 2 amide bonds. The van der Waals surface area contributed by atoms with E-state index in [4.69, 9.17) is 5.26 Å². The number of nitrogens with zero attached hydrogens (tertiary/aromatic N) is 1. The lowest BCUT2D eigenvalue weighted by molar-refractivity contribution is 0.0940. The van der Waals surface area contributed by atoms with Gasteiger partial charge in [0.1, 0.15) is 0 Å². The first-order chi connectivity index (χ1) is 11.5. The van der Waals surface area contributed by atoms with Crippen LogP contribution in [-0.2, 0) is 0 Å². The Morgan fingerprint density at radius 2 is 1.88 bits per heavy atom. The molecule has 5 heteroatoms. The summed E-state index contributed by atoms with van der Waals surface area (Å²) in [6.07, 6.45) is 0.821. The van der Waals surface area contributed by atoms with Crippen molar-refractivity contribution in [3.05, 3.63) is 65.2 Å². The Morgan fingerprint density at radius 3 is 2.58 bits per heavy atom. The lowest BCUT2D eigenvalue weighted by atomic mass is 10.1. The lowest BCUT2D eigenvalue weighted by Crippen LogP contribution is -2.32. The van der Waals surface area contributed by atoms with Gasteiger partial charge in [0.05, 0.1) is 22.9 Å². The third kappa shape index (κ3) is 4.20. The van der Waals surface area contributed by atoms with Crippen molar-refractivity contribution in [3.63, 3.8) is 0 Å². The lowest BCUT2D eigenvalue weighted by Gasteiger charge is -2.14. The van der Waals surface area contributed by atoms with Crippen LogP contribution in [0.2, 0.25) is 0 Å². The number of para-hydroxylation sites is 1. The first kappa shape index (κ1) is 17.2. The molecule has 1 unspecified atom stereocenters. The SMILES string of the molecule is CCC(C)NC(=O)c1ccccc1NC(=O)c1cccc(C#N)c1. The zero-order valence-corrected chi connectivity index (χ0v) is 13.7. The monoisotopic (exact) mass is 321 g/mol. The number of hydrogen-bond donors (Lipinski definition) is 2. The van der Waals surface area contributed by atoms with E-state index in [1.165, 1.54) is 6.07 Å². The number of carbonyl (C=O) groups is 2. The van der Waals surface area contributed by atoms with E-state index in [9.17, 15) is 9.59 Å². The van der Waals surface area contributed by atoms with E-state index in [-0.39, 0.29) is 17.9 Å². The highest BCUT2D eigenvalue weighted by Gasteiger charge is 2.15. The zero-order chi connectivity index (χ0) is 17.5. The second-order valence-corrected chi connectivity index (χ2v) is 5.48. The van der Waals surface area contributed by atoms with Crippen LogP contribution in [0.3, 0.4) is 0 Å². The minimum atomic E-state index is -0.365. The molecule has 0 spiro atoms. The quantitative estimate of drug-likeness (QED) is 0.886. The van der Waals surface area contributed by atoms with Gasteiger partial charge in [-0.1, -0.05) is 25.1 Å². The van der Waals surface area contributed by atoms with Gasteiger partial charge in [0.25, 0.3) is 11.8 Å². The molecule has 2 aromatic rings. The first-order valence-electron chi connectivity index (χ1n) is 7.76. The standard InChI is InChI=1S/C19H19N3O2/c1-3-13(2)21-19(24)16-9-4-5-10-17(16)22-18(23)15-8-6-7-14(11-15)12-20/h4-11,13H,3H2,1-2H3,(H,21,24)(H,22,23). The molecule has 1 atom stereocenters. The van der Waals surface area contributed by atoms with Crippen molar-refractivity contribution in [1.29, 1.82) is 5.26 Å². The van der Waals surface area contributed by atoms with Crippen LogP contribution in [0.25, 0.3) is 0 Å². The van der Waals surface area contributed by atoms with Crippen molar-refractivity contribution < 1.29 is 9.59 Å². The van der Waals surface area contributed by atoms with Gasteiger partial charge in [-0.3, -0.25) is 9.59 Å². The predicted octanol–water partition coefficient (Wildman–Crippen LogP) is 3.34. The molecule has 2 rings (SSSR count). The highest BCUT2D eigenvalue weighted by molar-refractivity contribution is 6.09. The Kier molecular flexibility index (Phi) is 5.69. The van der Waals surface area contributed by atoms with Gasteiger partial charge in [-0.15, -0.1) is 0 Å². The van der Waals surface area contributed by atoms with Gasteiger partial charge in [0.15, 0.2) is 0 Å². The Balaban J connectivity index is 2.22. The Labute approximate surface area is 141 Å². The number of amides is 2. The first-order valence-corrected chi connectivity index (χ1v) is 7.76. The second kappa shape index (κ2) is 7.93. The molecule has 0 fully saturated rings. The van der Waals surface area contributed by atoms with Gasteiger partial charge >= 0.3 is 0 Å². The topological polar surface area (TPSA) is 82.0 Å². The van der Waals surface area contributed by atoms with Crippen LogP contribution in [0.1, 0.15) is 46.5 Å². The largest absolute Gasteiger partial charge is 0.350 e. The molecule has 0 heterocycles. The molecule has 0 bridgehead atoms. The summed E-state index contributed by atoms with van der Waals surface area (Å²) in [5.41, 5.74) is 1.62. The fourth-order valence-corrected chi connectivity index (χ4v) is 2.12. The van der Waals surface area contributed by atoms with E-state index >= 15 is 0 Å². The van der Waals surface area contributed by atoms with Gasteiger partial charge in [-0.05, 0) is 43.7 Å². The highest BCUT2D eigenvalue weighted by Crippen LogP contribution is 2.17. The van der Waals surface area contributed by atoms with Gasteiger partial charge in [0.2, 0.25) is 0 Å². The fourth-order valence-electron chi connectivity index (χ4n) is 2.12. The van der Waals surface area contributed by atoms with Crippen molar-refractivity contribution in [2.75, 3.05) is 5.32 Å². The number of benzene rings is 2. The van der Waals surface area contributed by atoms with Gasteiger partial charge < -0.3 is 10.6 Å². The minimum absolute atomic E-state index is 0.0496. The molecule has 2 N–H and O–H groups in total. The molecule has 0 saturated heterocycles. The van der Waals surface area contributed by atoms with Gasteiger partial charge in [0, 0.05) is 11.6 Å². The normalized spacial score (nSPS) is 11.2. The van der Waals surface area contributed by atoms with E-state index in [1.54, 1.807) is 42.5 Å². The molecular weight excluding hydrogens is 302 g/mol. The van der Waals surface area contributed by atoms with Crippen LogP contribution in [0.4, 0.5) is 5.69 Å². The Morgan fingerprint density at radius 1 is 1.12 bits per heavy atom. The van der Waals surface area contributed by atoms with Gasteiger partial charge in [-0.2, -0.15) is 5.26 Å². The molecule has 5 nitrogen and oxygen atoms in total. The van der Waals surface area contributed by atoms with Crippen molar-refractivity contribution in [2.24, 2.45) is 0 Å². The number of nitrogens with one attached hydrogen (secondary N) is 2. The third-order valence-corrected chi connectivity index (χ3v) is 3.66. The highest BCUT2D eigenvalue weighted by atomic mass is 16.2. The summed E-state index contributed by atoms with van der Waals surface area (Å²) in [5, 5.41) is 14.5. The van der Waals surface area contributed by atoms with Crippen LogP contribution in [0, 0.1) is 11.3 Å². The maximum absolute atomic E-state index is 12.4. The molecule has 122 valence electrons. The maximum Gasteiger partial charge on any atom is 0.255 e. The van der Waals surface area contributed by atoms with E-state index in [1.807, 2.05) is 19.9 Å². The van der Waals surface area contributed by atoms with Crippen LogP contribution < -0.4 is 10.6 Å². The molecule has 24 heavy (non-hydrogen) atoms. The predicted molar refractivity (Wildman–Crippen MR) is 92.8 cm³/mol. The summed E-state index contributed by atoms with van der Waals surface area (Å²) in [5.74, 6) is -0.595. The number of anilines is 1. The van der Waals surface area contributed by atoms with Crippen molar-refractivity contribution in [1.82, 2.24) is 5.32 Å². The minimum Gasteiger partial charge on any atom is -0.350 e. The van der Waals surface area contributed by atoms with Crippen LogP contribution in [0.5, 0.6) is 0 Å². The van der Waals surface area contributed by atoms with Gasteiger partial charge in [-0.25, -0.2) is 0 Å². The van der Waals surface area contributed by atoms with Crippen molar-refractivity contribution in [3.8, 4) is 6.07 Å². The number of hydrogen-bond acceptors (Lipinski definition) is 3. The summed E-state index contributed by atoms with van der Waals surface area (Å²) in [6, 6.07) is 15.3. The Hall–Kier alpha value is -3.13. The maximum atomic E-state index is 12.4. The molecule has 0 aliphatic carbocycles.